The van der Waals surface area contributed by atoms with Crippen LogP contribution in [0.5, 0.6) is 0 Å². The maximum Gasteiger partial charge on any atom is 0.214 e. The molecule has 0 atom stereocenters. The number of rotatable bonds is 9. The Labute approximate surface area is 93.9 Å². The third-order valence-electron chi connectivity index (χ3n) is 2.36. The van der Waals surface area contributed by atoms with E-state index in [-0.39, 0.29) is 5.75 Å². The van der Waals surface area contributed by atoms with Gasteiger partial charge in [0.25, 0.3) is 0 Å². The molecule has 15 heavy (non-hydrogen) atoms. The molecule has 0 aromatic heterocycles. The fraction of sp³-hybridized carbons (Fsp3) is 1.00. The zero-order chi connectivity index (χ0) is 11.7. The Kier molecular flexibility index (Phi) is 8.00. The van der Waals surface area contributed by atoms with Crippen molar-refractivity contribution in [2.45, 2.75) is 39.5 Å². The van der Waals surface area contributed by atoms with Gasteiger partial charge in [0.1, 0.15) is 0 Å². The molecule has 0 saturated carbocycles. The van der Waals surface area contributed by atoms with Gasteiger partial charge in [-0.3, -0.25) is 0 Å². The van der Waals surface area contributed by atoms with E-state index >= 15 is 0 Å². The average molecular weight is 236 g/mol. The van der Waals surface area contributed by atoms with Gasteiger partial charge < -0.3 is 5.73 Å². The van der Waals surface area contributed by atoms with E-state index in [9.17, 15) is 8.42 Å². The number of hydrogen-bond acceptors (Lipinski definition) is 3. The summed E-state index contributed by atoms with van der Waals surface area (Å²) >= 11 is 0. The number of hydrogen-bond donors (Lipinski definition) is 1. The first-order valence-corrected chi connectivity index (χ1v) is 7.37. The van der Waals surface area contributed by atoms with Crippen molar-refractivity contribution in [2.75, 3.05) is 25.4 Å². The molecule has 0 bridgehead atoms. The second-order valence-electron chi connectivity index (χ2n) is 3.66. The van der Waals surface area contributed by atoms with Gasteiger partial charge in [-0.2, -0.15) is 0 Å². The molecular formula is C10H24N2O2S. The Morgan fingerprint density at radius 3 is 2.27 bits per heavy atom. The van der Waals surface area contributed by atoms with Crippen molar-refractivity contribution in [1.29, 1.82) is 0 Å². The molecule has 5 heteroatoms. The molecule has 0 amide bonds. The topological polar surface area (TPSA) is 63.4 Å². The highest BCUT2D eigenvalue weighted by Crippen LogP contribution is 2.06. The molecule has 0 aliphatic heterocycles. The highest BCUT2D eigenvalue weighted by Gasteiger charge is 2.18. The molecule has 0 unspecified atom stereocenters. The molecule has 0 radical (unpaired) electrons. The molecule has 0 aromatic rings. The van der Waals surface area contributed by atoms with Crippen molar-refractivity contribution in [3.8, 4) is 0 Å². The van der Waals surface area contributed by atoms with Crippen LogP contribution in [0.4, 0.5) is 0 Å². The summed E-state index contributed by atoms with van der Waals surface area (Å²) in [5, 5.41) is 0. The first-order chi connectivity index (χ1) is 7.08. The van der Waals surface area contributed by atoms with Gasteiger partial charge >= 0.3 is 0 Å². The SMILES string of the molecule is CCCCN(CC)S(=O)(=O)CCCCN. The van der Waals surface area contributed by atoms with Crippen molar-refractivity contribution in [3.05, 3.63) is 0 Å². The lowest BCUT2D eigenvalue weighted by Gasteiger charge is -2.19. The Bertz CT molecular complexity index is 240. The average Bonchev–Trinajstić information content (AvgIpc) is 2.19. The van der Waals surface area contributed by atoms with Gasteiger partial charge in [-0.15, -0.1) is 0 Å². The molecule has 4 nitrogen and oxygen atoms in total. The van der Waals surface area contributed by atoms with Crippen LogP contribution in [0.1, 0.15) is 39.5 Å². The van der Waals surface area contributed by atoms with E-state index in [4.69, 9.17) is 5.73 Å². The predicted octanol–water partition coefficient (Wildman–Crippen LogP) is 1.18. The monoisotopic (exact) mass is 236 g/mol. The Balaban J connectivity index is 4.13. The third-order valence-corrected chi connectivity index (χ3v) is 4.40. The summed E-state index contributed by atoms with van der Waals surface area (Å²) in [5.41, 5.74) is 5.34. The molecule has 92 valence electrons. The number of nitrogens with zero attached hydrogens (tertiary/aromatic N) is 1. The fourth-order valence-corrected chi connectivity index (χ4v) is 3.01. The van der Waals surface area contributed by atoms with E-state index < -0.39 is 10.0 Å². The first-order valence-electron chi connectivity index (χ1n) is 5.76. The fourth-order valence-electron chi connectivity index (χ4n) is 1.39. The van der Waals surface area contributed by atoms with Crippen molar-refractivity contribution in [3.63, 3.8) is 0 Å². The molecule has 0 aliphatic rings. The molecule has 0 heterocycles. The van der Waals surface area contributed by atoms with Crippen LogP contribution < -0.4 is 5.73 Å². The summed E-state index contributed by atoms with van der Waals surface area (Å²) in [5.74, 6) is 0.238. The van der Waals surface area contributed by atoms with Gasteiger partial charge in [0.2, 0.25) is 10.0 Å². The lowest BCUT2D eigenvalue weighted by atomic mass is 10.3. The first kappa shape index (κ1) is 14.9. The van der Waals surface area contributed by atoms with Crippen LogP contribution in [0.3, 0.4) is 0 Å². The van der Waals surface area contributed by atoms with Crippen molar-refractivity contribution in [1.82, 2.24) is 4.31 Å². The van der Waals surface area contributed by atoms with Crippen LogP contribution in [0.25, 0.3) is 0 Å². The minimum Gasteiger partial charge on any atom is -0.330 e. The van der Waals surface area contributed by atoms with Gasteiger partial charge in [-0.25, -0.2) is 12.7 Å². The molecule has 2 N–H and O–H groups in total. The van der Waals surface area contributed by atoms with E-state index in [1.807, 2.05) is 6.92 Å². The highest BCUT2D eigenvalue weighted by molar-refractivity contribution is 7.89. The molecular weight excluding hydrogens is 212 g/mol. The zero-order valence-electron chi connectivity index (χ0n) is 9.91. The molecule has 0 rings (SSSR count). The van der Waals surface area contributed by atoms with E-state index in [1.165, 1.54) is 0 Å². The van der Waals surface area contributed by atoms with Crippen molar-refractivity contribution in [2.24, 2.45) is 5.73 Å². The van der Waals surface area contributed by atoms with E-state index in [0.717, 1.165) is 19.3 Å². The Morgan fingerprint density at radius 2 is 1.80 bits per heavy atom. The van der Waals surface area contributed by atoms with E-state index in [0.29, 0.717) is 26.1 Å². The molecule has 0 saturated heterocycles. The Hall–Kier alpha value is -0.130. The lowest BCUT2D eigenvalue weighted by molar-refractivity contribution is 0.417. The normalized spacial score (nSPS) is 12.3. The summed E-state index contributed by atoms with van der Waals surface area (Å²) in [7, 11) is -3.04. The second-order valence-corrected chi connectivity index (χ2v) is 5.75. The van der Waals surface area contributed by atoms with Crippen LogP contribution in [-0.4, -0.2) is 38.1 Å². The minimum absolute atomic E-state index is 0.238. The lowest BCUT2D eigenvalue weighted by Crippen LogP contribution is -2.33. The summed E-state index contributed by atoms with van der Waals surface area (Å²) < 4.78 is 25.2. The van der Waals surface area contributed by atoms with Gasteiger partial charge in [0.05, 0.1) is 5.75 Å². The summed E-state index contributed by atoms with van der Waals surface area (Å²) in [4.78, 5) is 0. The zero-order valence-corrected chi connectivity index (χ0v) is 10.7. The quantitative estimate of drug-likeness (QED) is 0.611. The smallest absolute Gasteiger partial charge is 0.214 e. The van der Waals surface area contributed by atoms with Crippen LogP contribution >= 0.6 is 0 Å². The maximum absolute atomic E-state index is 11.8. The minimum atomic E-state index is -3.04. The number of nitrogens with two attached hydrogens (primary N) is 1. The van der Waals surface area contributed by atoms with Crippen LogP contribution in [-0.2, 0) is 10.0 Å². The Morgan fingerprint density at radius 1 is 1.13 bits per heavy atom. The third kappa shape index (κ3) is 6.12. The molecule has 0 spiro atoms. The number of sulfonamides is 1. The van der Waals surface area contributed by atoms with Gasteiger partial charge in [0, 0.05) is 13.1 Å². The second kappa shape index (κ2) is 8.07. The predicted molar refractivity (Wildman–Crippen MR) is 64.2 cm³/mol. The standard InChI is InChI=1S/C10H24N2O2S/c1-3-5-9-12(4-2)15(13,14)10-7-6-8-11/h3-11H2,1-2H3. The maximum atomic E-state index is 11.8. The van der Waals surface area contributed by atoms with Gasteiger partial charge in [-0.1, -0.05) is 20.3 Å². The largest absolute Gasteiger partial charge is 0.330 e. The van der Waals surface area contributed by atoms with Crippen LogP contribution in [0.15, 0.2) is 0 Å². The van der Waals surface area contributed by atoms with E-state index in [1.54, 1.807) is 4.31 Å². The van der Waals surface area contributed by atoms with Crippen molar-refractivity contribution >= 4 is 10.0 Å². The van der Waals surface area contributed by atoms with Gasteiger partial charge in [0.15, 0.2) is 0 Å². The molecule has 0 aliphatic carbocycles. The molecule has 0 fully saturated rings. The summed E-state index contributed by atoms with van der Waals surface area (Å²) in [6.45, 7) is 5.74. The van der Waals surface area contributed by atoms with Gasteiger partial charge in [-0.05, 0) is 25.8 Å². The van der Waals surface area contributed by atoms with Crippen LogP contribution in [0, 0.1) is 0 Å². The summed E-state index contributed by atoms with van der Waals surface area (Å²) in [6, 6.07) is 0. The molecule has 0 aromatic carbocycles. The summed E-state index contributed by atoms with van der Waals surface area (Å²) in [6.07, 6.45) is 3.41. The highest BCUT2D eigenvalue weighted by atomic mass is 32.2. The van der Waals surface area contributed by atoms with Crippen LogP contribution in [0.2, 0.25) is 0 Å². The number of unbranched alkanes of at least 4 members (excludes halogenated alkanes) is 2. The van der Waals surface area contributed by atoms with Crippen molar-refractivity contribution < 1.29 is 8.42 Å². The van der Waals surface area contributed by atoms with E-state index in [2.05, 4.69) is 6.92 Å².